The fraction of sp³-hybridized carbons (Fsp3) is 0.462. The van der Waals surface area contributed by atoms with Crippen molar-refractivity contribution in [3.63, 3.8) is 0 Å². The second-order valence-electron chi connectivity index (χ2n) is 5.38. The molecule has 0 aromatic heterocycles. The maximum atomic E-state index is 13.3. The third-order valence-corrected chi connectivity index (χ3v) is 8.05. The Kier molecular flexibility index (Phi) is 4.92. The minimum absolute atomic E-state index is 0.303. The SMILES string of the molecule is CC[C@@H](C(=O)O)S(=O)(=N[Si](C)(C)C)c1ccccc1. The molecule has 1 aromatic rings. The molecule has 0 aliphatic carbocycles. The zero-order chi connectivity index (χ0) is 14.7. The Morgan fingerprint density at radius 1 is 1.32 bits per heavy atom. The predicted octanol–water partition coefficient (Wildman–Crippen LogP) is 3.21. The molecule has 0 heterocycles. The summed E-state index contributed by atoms with van der Waals surface area (Å²) in [6.45, 7) is 7.62. The van der Waals surface area contributed by atoms with Gasteiger partial charge in [0.25, 0.3) is 0 Å². The van der Waals surface area contributed by atoms with Crippen LogP contribution in [0.1, 0.15) is 13.3 Å². The van der Waals surface area contributed by atoms with E-state index >= 15 is 0 Å². The molecule has 106 valence electrons. The molecule has 0 saturated heterocycles. The Bertz CT molecular complexity index is 557. The molecule has 19 heavy (non-hydrogen) atoms. The van der Waals surface area contributed by atoms with E-state index < -0.39 is 29.2 Å². The van der Waals surface area contributed by atoms with Gasteiger partial charge in [-0.2, -0.15) is 0 Å². The maximum Gasteiger partial charge on any atom is 0.320 e. The Morgan fingerprint density at radius 2 is 1.84 bits per heavy atom. The number of rotatable bonds is 5. The van der Waals surface area contributed by atoms with Gasteiger partial charge in [-0.05, 0) is 38.2 Å². The van der Waals surface area contributed by atoms with Gasteiger partial charge in [0.2, 0.25) is 0 Å². The molecule has 0 fully saturated rings. The van der Waals surface area contributed by atoms with Crippen LogP contribution in [-0.4, -0.2) is 28.8 Å². The van der Waals surface area contributed by atoms with Crippen LogP contribution in [0.25, 0.3) is 0 Å². The van der Waals surface area contributed by atoms with E-state index in [1.54, 1.807) is 31.2 Å². The van der Waals surface area contributed by atoms with Crippen LogP contribution < -0.4 is 0 Å². The maximum absolute atomic E-state index is 13.3. The Labute approximate surface area is 116 Å². The molecule has 0 bridgehead atoms. The topological polar surface area (TPSA) is 66.7 Å². The summed E-state index contributed by atoms with van der Waals surface area (Å²) in [5.41, 5.74) is 0. The van der Waals surface area contributed by atoms with E-state index in [2.05, 4.69) is 4.03 Å². The third kappa shape index (κ3) is 3.91. The van der Waals surface area contributed by atoms with Crippen molar-refractivity contribution in [2.45, 2.75) is 43.1 Å². The first-order chi connectivity index (χ1) is 8.70. The summed E-state index contributed by atoms with van der Waals surface area (Å²) in [5.74, 6) is -1.04. The van der Waals surface area contributed by atoms with Gasteiger partial charge >= 0.3 is 5.97 Å². The summed E-state index contributed by atoms with van der Waals surface area (Å²) in [4.78, 5) is 11.9. The van der Waals surface area contributed by atoms with Gasteiger partial charge in [0.15, 0.2) is 8.24 Å². The van der Waals surface area contributed by atoms with Crippen LogP contribution in [-0.2, 0) is 14.5 Å². The standard InChI is InChI=1S/C13H21NO3SSi/c1-5-12(13(15)16)18(17,14-19(2,3)4)11-9-7-6-8-10-11/h6-10,12H,5H2,1-4H3,(H,15,16)/t12-,18?/m0/s1. The van der Waals surface area contributed by atoms with Crippen molar-refractivity contribution in [3.8, 4) is 0 Å². The van der Waals surface area contributed by atoms with Crippen LogP contribution in [0.2, 0.25) is 19.6 Å². The lowest BCUT2D eigenvalue weighted by molar-refractivity contribution is -0.136. The average Bonchev–Trinajstić information content (AvgIpc) is 2.28. The van der Waals surface area contributed by atoms with E-state index in [1.165, 1.54) is 0 Å². The van der Waals surface area contributed by atoms with Gasteiger partial charge in [-0.1, -0.05) is 25.1 Å². The van der Waals surface area contributed by atoms with Crippen molar-refractivity contribution in [1.82, 2.24) is 0 Å². The molecule has 1 rings (SSSR count). The van der Waals surface area contributed by atoms with Crippen molar-refractivity contribution in [2.75, 3.05) is 0 Å². The van der Waals surface area contributed by atoms with Gasteiger partial charge in [0.05, 0.1) is 9.73 Å². The molecule has 0 aliphatic heterocycles. The van der Waals surface area contributed by atoms with Gasteiger partial charge in [0.1, 0.15) is 5.25 Å². The van der Waals surface area contributed by atoms with Gasteiger partial charge in [0, 0.05) is 4.90 Å². The van der Waals surface area contributed by atoms with Crippen molar-refractivity contribution in [1.29, 1.82) is 0 Å². The molecule has 1 N–H and O–H groups in total. The number of carboxylic acids is 1. The molecule has 0 amide bonds. The summed E-state index contributed by atoms with van der Waals surface area (Å²) in [7, 11) is -4.94. The van der Waals surface area contributed by atoms with Crippen LogP contribution in [0.15, 0.2) is 39.3 Å². The molecule has 6 heteroatoms. The second-order valence-corrected chi connectivity index (χ2v) is 12.6. The lowest BCUT2D eigenvalue weighted by Crippen LogP contribution is -2.33. The van der Waals surface area contributed by atoms with E-state index in [-0.39, 0.29) is 0 Å². The van der Waals surface area contributed by atoms with Crippen LogP contribution in [0.5, 0.6) is 0 Å². The van der Waals surface area contributed by atoms with Crippen molar-refractivity contribution >= 4 is 23.9 Å². The fourth-order valence-corrected chi connectivity index (χ4v) is 7.63. The van der Waals surface area contributed by atoms with E-state index in [0.717, 1.165) is 0 Å². The molecule has 2 atom stereocenters. The lowest BCUT2D eigenvalue weighted by Gasteiger charge is -2.21. The van der Waals surface area contributed by atoms with Crippen LogP contribution in [0, 0.1) is 0 Å². The van der Waals surface area contributed by atoms with E-state index in [4.69, 9.17) is 0 Å². The summed E-state index contributed by atoms with van der Waals surface area (Å²) >= 11 is 0. The molecule has 0 spiro atoms. The molecule has 0 radical (unpaired) electrons. The fourth-order valence-electron chi connectivity index (χ4n) is 1.84. The monoisotopic (exact) mass is 299 g/mol. The Hall–Kier alpha value is -1.14. The third-order valence-electron chi connectivity index (χ3n) is 2.52. The highest BCUT2D eigenvalue weighted by atomic mass is 32.2. The van der Waals surface area contributed by atoms with Crippen molar-refractivity contribution < 1.29 is 14.1 Å². The molecule has 1 aromatic carbocycles. The number of hydrogen-bond donors (Lipinski definition) is 1. The summed E-state index contributed by atoms with van der Waals surface area (Å²) in [6.07, 6.45) is 0.303. The zero-order valence-corrected chi connectivity index (χ0v) is 13.6. The van der Waals surface area contributed by atoms with Crippen LogP contribution in [0.4, 0.5) is 0 Å². The molecular weight excluding hydrogens is 278 g/mol. The van der Waals surface area contributed by atoms with Crippen LogP contribution in [0.3, 0.4) is 0 Å². The number of carbonyl (C=O) groups is 1. The van der Waals surface area contributed by atoms with E-state index in [0.29, 0.717) is 11.3 Å². The normalized spacial score (nSPS) is 16.4. The number of nitrogens with zero attached hydrogens (tertiary/aromatic N) is 1. The summed E-state index contributed by atoms with van der Waals surface area (Å²) in [6, 6.07) is 8.77. The van der Waals surface area contributed by atoms with E-state index in [9.17, 15) is 14.1 Å². The predicted molar refractivity (Wildman–Crippen MR) is 80.3 cm³/mol. The van der Waals surface area contributed by atoms with Gasteiger partial charge in [-0.25, -0.2) is 4.21 Å². The number of hydrogen-bond acceptors (Lipinski definition) is 3. The number of benzene rings is 1. The summed E-state index contributed by atoms with van der Waals surface area (Å²) in [5, 5.41) is 8.39. The number of aliphatic carboxylic acids is 1. The highest BCUT2D eigenvalue weighted by Gasteiger charge is 2.32. The van der Waals surface area contributed by atoms with Crippen molar-refractivity contribution in [2.24, 2.45) is 4.03 Å². The summed E-state index contributed by atoms with van der Waals surface area (Å²) < 4.78 is 17.8. The van der Waals surface area contributed by atoms with Gasteiger partial charge in [-0.3, -0.25) is 8.82 Å². The molecule has 4 nitrogen and oxygen atoms in total. The van der Waals surface area contributed by atoms with E-state index in [1.807, 2.05) is 25.7 Å². The second kappa shape index (κ2) is 5.88. The molecule has 0 saturated carbocycles. The largest absolute Gasteiger partial charge is 0.480 e. The first kappa shape index (κ1) is 15.9. The highest BCUT2D eigenvalue weighted by molar-refractivity contribution is 7.95. The van der Waals surface area contributed by atoms with Crippen LogP contribution >= 0.6 is 0 Å². The van der Waals surface area contributed by atoms with Gasteiger partial charge < -0.3 is 5.11 Å². The molecule has 0 aliphatic rings. The zero-order valence-electron chi connectivity index (χ0n) is 11.8. The minimum atomic E-state index is -2.93. The first-order valence-corrected chi connectivity index (χ1v) is 11.3. The molecular formula is C13H21NO3SSi. The quantitative estimate of drug-likeness (QED) is 0.849. The van der Waals surface area contributed by atoms with Gasteiger partial charge in [-0.15, -0.1) is 0 Å². The highest BCUT2D eigenvalue weighted by Crippen LogP contribution is 2.24. The average molecular weight is 299 g/mol. The molecule has 1 unspecified atom stereocenters. The Morgan fingerprint density at radius 3 is 2.21 bits per heavy atom. The lowest BCUT2D eigenvalue weighted by atomic mass is 10.3. The minimum Gasteiger partial charge on any atom is -0.480 e. The smallest absolute Gasteiger partial charge is 0.320 e. The first-order valence-electron chi connectivity index (χ1n) is 6.26. The Balaban J connectivity index is 3.57. The van der Waals surface area contributed by atoms with Crippen molar-refractivity contribution in [3.05, 3.63) is 30.3 Å². The number of carboxylic acid groups (broad SMARTS) is 1.